The minimum Gasteiger partial charge on any atom is -0.356 e. The fourth-order valence-electron chi connectivity index (χ4n) is 4.11. The lowest BCUT2D eigenvalue weighted by atomic mass is 10.1. The number of guanidine groups is 1. The molecule has 0 radical (unpaired) electrons. The summed E-state index contributed by atoms with van der Waals surface area (Å²) in [7, 11) is 1.80. The van der Waals surface area contributed by atoms with Crippen molar-refractivity contribution in [3.63, 3.8) is 0 Å². The summed E-state index contributed by atoms with van der Waals surface area (Å²) in [4.78, 5) is 25.0. The van der Waals surface area contributed by atoms with Crippen LogP contribution in [-0.4, -0.2) is 54.5 Å². The van der Waals surface area contributed by atoms with Crippen molar-refractivity contribution in [2.75, 3.05) is 26.7 Å². The van der Waals surface area contributed by atoms with Gasteiger partial charge in [0.25, 0.3) is 0 Å². The number of amides is 1. The highest BCUT2D eigenvalue weighted by atomic mass is 127. The third-order valence-corrected chi connectivity index (χ3v) is 6.74. The van der Waals surface area contributed by atoms with E-state index >= 15 is 0 Å². The maximum atomic E-state index is 12.6. The summed E-state index contributed by atoms with van der Waals surface area (Å²) in [6, 6.07) is 0.287. The molecule has 158 valence electrons. The second-order valence-electron chi connectivity index (χ2n) is 7.61. The van der Waals surface area contributed by atoms with E-state index in [4.69, 9.17) is 4.98 Å². The molecule has 0 bridgehead atoms. The fraction of sp³-hybridized carbons (Fsp3) is 0.750. The van der Waals surface area contributed by atoms with Crippen LogP contribution in [0.25, 0.3) is 0 Å². The van der Waals surface area contributed by atoms with E-state index in [-0.39, 0.29) is 35.9 Å². The van der Waals surface area contributed by atoms with Gasteiger partial charge in [-0.1, -0.05) is 19.8 Å². The zero-order valence-electron chi connectivity index (χ0n) is 17.3. The molecule has 0 aromatic carbocycles. The number of nitrogens with zero attached hydrogens (tertiary/aromatic N) is 3. The molecule has 1 unspecified atom stereocenters. The normalized spacial score (nSPS) is 20.3. The topological polar surface area (TPSA) is 69.6 Å². The van der Waals surface area contributed by atoms with Crippen LogP contribution in [0.1, 0.15) is 54.6 Å². The summed E-state index contributed by atoms with van der Waals surface area (Å²) in [5.74, 6) is 1.46. The van der Waals surface area contributed by atoms with Crippen LogP contribution in [0.5, 0.6) is 0 Å². The van der Waals surface area contributed by atoms with Gasteiger partial charge in [-0.05, 0) is 32.6 Å². The number of aliphatic imine (C=N–C) groups is 1. The van der Waals surface area contributed by atoms with Gasteiger partial charge in [0, 0.05) is 49.9 Å². The number of hydrogen-bond donors (Lipinski definition) is 2. The highest BCUT2D eigenvalue weighted by Crippen LogP contribution is 2.27. The SMILES string of the molecule is CCc1nc(CCNC(=NC)NC2CCN(C(=O)C3CCCC3)C2)sc1C.I. The molecule has 1 atom stereocenters. The number of thiazole rings is 1. The van der Waals surface area contributed by atoms with Gasteiger partial charge in [-0.2, -0.15) is 0 Å². The molecule has 1 aromatic rings. The summed E-state index contributed by atoms with van der Waals surface area (Å²) in [6.07, 6.45) is 7.46. The zero-order valence-corrected chi connectivity index (χ0v) is 20.4. The Hall–Kier alpha value is -0.900. The molecule has 3 rings (SSSR count). The second-order valence-corrected chi connectivity index (χ2v) is 8.90. The van der Waals surface area contributed by atoms with Crippen molar-refractivity contribution in [3.05, 3.63) is 15.6 Å². The Labute approximate surface area is 190 Å². The van der Waals surface area contributed by atoms with Gasteiger partial charge >= 0.3 is 0 Å². The first-order chi connectivity index (χ1) is 13.1. The van der Waals surface area contributed by atoms with Gasteiger partial charge in [-0.25, -0.2) is 4.98 Å². The first-order valence-electron chi connectivity index (χ1n) is 10.3. The van der Waals surface area contributed by atoms with Gasteiger partial charge in [0.05, 0.1) is 10.7 Å². The smallest absolute Gasteiger partial charge is 0.225 e. The number of carbonyl (C=O) groups excluding carboxylic acids is 1. The van der Waals surface area contributed by atoms with Gasteiger partial charge in [-0.3, -0.25) is 9.79 Å². The standard InChI is InChI=1S/C20H33N5OS.HI/c1-4-17-14(2)27-18(24-17)9-11-22-20(21-3)23-16-10-12-25(13-16)19(26)15-7-5-6-8-15;/h15-16H,4-13H2,1-3H3,(H2,21,22,23);1H. The average molecular weight is 519 g/mol. The monoisotopic (exact) mass is 519 g/mol. The number of aryl methyl sites for hydroxylation is 2. The molecule has 1 saturated carbocycles. The van der Waals surface area contributed by atoms with Gasteiger partial charge in [0.1, 0.15) is 0 Å². The number of carbonyl (C=O) groups is 1. The molecule has 2 fully saturated rings. The first-order valence-corrected chi connectivity index (χ1v) is 11.1. The molecule has 1 saturated heterocycles. The maximum absolute atomic E-state index is 12.6. The Balaban J connectivity index is 0.00000280. The van der Waals surface area contributed by atoms with Crippen molar-refractivity contribution in [1.82, 2.24) is 20.5 Å². The molecule has 1 aliphatic carbocycles. The molecule has 0 spiro atoms. The molecule has 2 N–H and O–H groups in total. The van der Waals surface area contributed by atoms with Crippen LogP contribution in [-0.2, 0) is 17.6 Å². The third-order valence-electron chi connectivity index (χ3n) is 5.67. The predicted molar refractivity (Wildman–Crippen MR) is 127 cm³/mol. The summed E-state index contributed by atoms with van der Waals surface area (Å²) in [6.45, 7) is 6.77. The van der Waals surface area contributed by atoms with Gasteiger partial charge in [-0.15, -0.1) is 35.3 Å². The molecule has 28 heavy (non-hydrogen) atoms. The van der Waals surface area contributed by atoms with E-state index in [2.05, 4.69) is 29.5 Å². The van der Waals surface area contributed by atoms with Crippen LogP contribution in [0.4, 0.5) is 0 Å². The van der Waals surface area contributed by atoms with Crippen LogP contribution < -0.4 is 10.6 Å². The van der Waals surface area contributed by atoms with Crippen LogP contribution in [0.2, 0.25) is 0 Å². The van der Waals surface area contributed by atoms with E-state index < -0.39 is 0 Å². The van der Waals surface area contributed by atoms with Crippen molar-refractivity contribution >= 4 is 47.2 Å². The highest BCUT2D eigenvalue weighted by Gasteiger charge is 2.32. The number of nitrogens with one attached hydrogen (secondary N) is 2. The summed E-state index contributed by atoms with van der Waals surface area (Å²) >= 11 is 1.79. The van der Waals surface area contributed by atoms with E-state index in [1.807, 2.05) is 4.90 Å². The molecular weight excluding hydrogens is 485 g/mol. The summed E-state index contributed by atoms with van der Waals surface area (Å²) < 4.78 is 0. The van der Waals surface area contributed by atoms with Crippen LogP contribution in [0.15, 0.2) is 4.99 Å². The molecule has 8 heteroatoms. The first kappa shape index (κ1) is 23.4. The van der Waals surface area contributed by atoms with E-state index in [1.54, 1.807) is 18.4 Å². The minimum absolute atomic E-state index is 0. The van der Waals surface area contributed by atoms with E-state index in [0.717, 1.165) is 57.7 Å². The number of likely N-dealkylation sites (tertiary alicyclic amines) is 1. The Bertz CT molecular complexity index is 672. The molecule has 1 aliphatic heterocycles. The van der Waals surface area contributed by atoms with Crippen LogP contribution in [0.3, 0.4) is 0 Å². The van der Waals surface area contributed by atoms with E-state index in [0.29, 0.717) is 5.91 Å². The van der Waals surface area contributed by atoms with Crippen molar-refractivity contribution < 1.29 is 4.79 Å². The van der Waals surface area contributed by atoms with Gasteiger partial charge in [0.2, 0.25) is 5.91 Å². The lowest BCUT2D eigenvalue weighted by Gasteiger charge is -2.21. The van der Waals surface area contributed by atoms with Crippen molar-refractivity contribution in [2.45, 2.75) is 64.8 Å². The number of aromatic nitrogens is 1. The van der Waals surface area contributed by atoms with Crippen molar-refractivity contribution in [1.29, 1.82) is 0 Å². The Morgan fingerprint density at radius 2 is 2.07 bits per heavy atom. The molecule has 2 heterocycles. The average Bonchev–Trinajstić information content (AvgIpc) is 3.41. The predicted octanol–water partition coefficient (Wildman–Crippen LogP) is 3.13. The number of hydrogen-bond acceptors (Lipinski definition) is 4. The second kappa shape index (κ2) is 11.3. The molecule has 2 aliphatic rings. The van der Waals surface area contributed by atoms with Crippen LogP contribution >= 0.6 is 35.3 Å². The third kappa shape index (κ3) is 6.05. The van der Waals surface area contributed by atoms with E-state index in [1.165, 1.54) is 28.4 Å². The van der Waals surface area contributed by atoms with Gasteiger partial charge < -0.3 is 15.5 Å². The highest BCUT2D eigenvalue weighted by molar-refractivity contribution is 14.0. The number of rotatable bonds is 6. The fourth-order valence-corrected chi connectivity index (χ4v) is 5.13. The van der Waals surface area contributed by atoms with Crippen LogP contribution in [0, 0.1) is 12.8 Å². The molecule has 1 amide bonds. The Morgan fingerprint density at radius 1 is 1.32 bits per heavy atom. The lowest BCUT2D eigenvalue weighted by Crippen LogP contribution is -2.45. The van der Waals surface area contributed by atoms with Gasteiger partial charge in [0.15, 0.2) is 5.96 Å². The number of halogens is 1. The van der Waals surface area contributed by atoms with E-state index in [9.17, 15) is 4.79 Å². The zero-order chi connectivity index (χ0) is 19.2. The molecule has 6 nitrogen and oxygen atoms in total. The lowest BCUT2D eigenvalue weighted by molar-refractivity contribution is -0.134. The Kier molecular flexibility index (Phi) is 9.46. The Morgan fingerprint density at radius 3 is 2.71 bits per heavy atom. The maximum Gasteiger partial charge on any atom is 0.225 e. The summed E-state index contributed by atoms with van der Waals surface area (Å²) in [5.41, 5.74) is 1.22. The quantitative estimate of drug-likeness (QED) is 0.344. The summed E-state index contributed by atoms with van der Waals surface area (Å²) in [5, 5.41) is 8.06. The largest absolute Gasteiger partial charge is 0.356 e. The van der Waals surface area contributed by atoms with Crippen molar-refractivity contribution in [3.8, 4) is 0 Å². The molecule has 1 aromatic heterocycles. The minimum atomic E-state index is 0. The molecular formula is C20H34IN5OS. The van der Waals surface area contributed by atoms with Crippen molar-refractivity contribution in [2.24, 2.45) is 10.9 Å².